The zero-order chi connectivity index (χ0) is 20.7. The number of nitrogens with one attached hydrogen (secondary N) is 1. The molecule has 2 aromatic rings. The summed E-state index contributed by atoms with van der Waals surface area (Å²) >= 11 is 0. The van der Waals surface area contributed by atoms with E-state index >= 15 is 0 Å². The Labute approximate surface area is 174 Å². The van der Waals surface area contributed by atoms with Crippen LogP contribution in [0.1, 0.15) is 46.4 Å². The van der Waals surface area contributed by atoms with Crippen LogP contribution in [0.2, 0.25) is 0 Å². The lowest BCUT2D eigenvalue weighted by atomic mass is 9.82. The molecule has 1 atom stereocenters. The molecule has 1 spiro atoms. The van der Waals surface area contributed by atoms with Crippen LogP contribution in [0.5, 0.6) is 0 Å². The fraction of sp³-hybridized carbons (Fsp3) is 0.348. The Morgan fingerprint density at radius 3 is 2.37 bits per heavy atom. The summed E-state index contributed by atoms with van der Waals surface area (Å²) in [6.07, 6.45) is 3.32. The van der Waals surface area contributed by atoms with Crippen LogP contribution in [0.25, 0.3) is 0 Å². The second kappa shape index (κ2) is 7.34. The van der Waals surface area contributed by atoms with Crippen molar-refractivity contribution in [2.45, 2.75) is 31.5 Å². The van der Waals surface area contributed by atoms with E-state index in [1.54, 1.807) is 48.5 Å². The Hall–Kier alpha value is -3.03. The summed E-state index contributed by atoms with van der Waals surface area (Å²) in [4.78, 5) is 39.7. The second-order valence-electron chi connectivity index (χ2n) is 7.84. The molecule has 3 aliphatic rings. The lowest BCUT2D eigenvalue weighted by molar-refractivity contribution is -0.210. The molecule has 3 amide bonds. The predicted molar refractivity (Wildman–Crippen MR) is 109 cm³/mol. The second-order valence-corrected chi connectivity index (χ2v) is 7.84. The molecule has 1 aliphatic carbocycles. The maximum atomic E-state index is 13.0. The topological polar surface area (TPSA) is 84.9 Å². The van der Waals surface area contributed by atoms with E-state index in [-0.39, 0.29) is 17.7 Å². The number of ether oxygens (including phenoxy) is 2. The fourth-order valence-electron chi connectivity index (χ4n) is 4.64. The zero-order valence-corrected chi connectivity index (χ0v) is 16.4. The average molecular weight is 406 g/mol. The van der Waals surface area contributed by atoms with E-state index in [2.05, 4.69) is 5.32 Å². The third-order valence-electron chi connectivity index (χ3n) is 6.06. The van der Waals surface area contributed by atoms with Gasteiger partial charge in [-0.3, -0.25) is 14.4 Å². The predicted octanol–water partition coefficient (Wildman–Crippen LogP) is 3.36. The third kappa shape index (κ3) is 3.02. The van der Waals surface area contributed by atoms with Crippen LogP contribution in [0, 0.1) is 5.92 Å². The van der Waals surface area contributed by atoms with E-state index in [1.807, 2.05) is 0 Å². The van der Waals surface area contributed by atoms with E-state index in [0.717, 1.165) is 17.7 Å². The first kappa shape index (κ1) is 19.0. The molecule has 2 fully saturated rings. The number of nitrogens with zero attached hydrogens (tertiary/aromatic N) is 1. The Morgan fingerprint density at radius 2 is 1.67 bits per heavy atom. The van der Waals surface area contributed by atoms with Crippen molar-refractivity contribution >= 4 is 29.1 Å². The van der Waals surface area contributed by atoms with Crippen LogP contribution < -0.4 is 10.2 Å². The summed E-state index contributed by atoms with van der Waals surface area (Å²) in [6, 6.07) is 13.5. The zero-order valence-electron chi connectivity index (χ0n) is 16.4. The highest BCUT2D eigenvalue weighted by atomic mass is 16.7. The lowest BCUT2D eigenvalue weighted by Crippen LogP contribution is -2.47. The van der Waals surface area contributed by atoms with Crippen molar-refractivity contribution in [1.82, 2.24) is 0 Å². The van der Waals surface area contributed by atoms with Gasteiger partial charge in [0, 0.05) is 12.1 Å². The molecule has 7 nitrogen and oxygen atoms in total. The number of hydrogen-bond acceptors (Lipinski definition) is 5. The molecule has 1 saturated heterocycles. The smallest absolute Gasteiger partial charge is 0.266 e. The van der Waals surface area contributed by atoms with E-state index < -0.39 is 11.7 Å². The number of anilines is 2. The quantitative estimate of drug-likeness (QED) is 0.790. The molecular formula is C23H22N2O5. The molecule has 1 saturated carbocycles. The molecule has 154 valence electrons. The Morgan fingerprint density at radius 1 is 0.967 bits per heavy atom. The van der Waals surface area contributed by atoms with Gasteiger partial charge in [0.15, 0.2) is 5.79 Å². The van der Waals surface area contributed by atoms with E-state index in [1.165, 1.54) is 0 Å². The number of benzene rings is 2. The number of hydrogen-bond donors (Lipinski definition) is 1. The summed E-state index contributed by atoms with van der Waals surface area (Å²) in [7, 11) is 0. The fourth-order valence-corrected chi connectivity index (χ4v) is 4.64. The first-order chi connectivity index (χ1) is 14.6. The SMILES string of the molecule is O=C(Nc1cccc(N2C(=O)c3ccccc3C2=O)c1)C1CCCCC12OCCO2. The van der Waals surface area contributed by atoms with Crippen LogP contribution in [0.15, 0.2) is 48.5 Å². The number of carbonyl (C=O) groups is 3. The molecule has 7 heteroatoms. The summed E-state index contributed by atoms with van der Waals surface area (Å²) in [6.45, 7) is 0.998. The number of rotatable bonds is 3. The number of imide groups is 1. The minimum absolute atomic E-state index is 0.170. The van der Waals surface area contributed by atoms with E-state index in [9.17, 15) is 14.4 Å². The van der Waals surface area contributed by atoms with Gasteiger partial charge < -0.3 is 14.8 Å². The molecule has 2 heterocycles. The highest BCUT2D eigenvalue weighted by Crippen LogP contribution is 2.41. The van der Waals surface area contributed by atoms with Gasteiger partial charge in [-0.2, -0.15) is 0 Å². The first-order valence-electron chi connectivity index (χ1n) is 10.3. The normalized spacial score (nSPS) is 22.4. The third-order valence-corrected chi connectivity index (χ3v) is 6.06. The summed E-state index contributed by atoms with van der Waals surface area (Å²) in [5.41, 5.74) is 1.71. The first-order valence-corrected chi connectivity index (χ1v) is 10.3. The highest BCUT2D eigenvalue weighted by Gasteiger charge is 2.49. The van der Waals surface area contributed by atoms with Crippen molar-refractivity contribution in [3.63, 3.8) is 0 Å². The number of amides is 3. The Kier molecular flexibility index (Phi) is 4.64. The van der Waals surface area contributed by atoms with Gasteiger partial charge in [0.05, 0.1) is 35.9 Å². The standard InChI is InChI=1S/C23H22N2O5/c26-20(19-10-3-4-11-23(19)29-12-13-30-23)24-15-6-5-7-16(14-15)25-21(27)17-8-1-2-9-18(17)22(25)28/h1-2,5-9,14,19H,3-4,10-13H2,(H,24,26). The molecule has 0 aromatic heterocycles. The van der Waals surface area contributed by atoms with Gasteiger partial charge in [0.1, 0.15) is 0 Å². The van der Waals surface area contributed by atoms with Crippen LogP contribution >= 0.6 is 0 Å². The van der Waals surface area contributed by atoms with Gasteiger partial charge >= 0.3 is 0 Å². The highest BCUT2D eigenvalue weighted by molar-refractivity contribution is 6.34. The van der Waals surface area contributed by atoms with E-state index in [4.69, 9.17) is 9.47 Å². The van der Waals surface area contributed by atoms with Crippen molar-refractivity contribution in [2.75, 3.05) is 23.4 Å². The maximum Gasteiger partial charge on any atom is 0.266 e. The number of carbonyl (C=O) groups excluding carboxylic acids is 3. The average Bonchev–Trinajstić information content (AvgIpc) is 3.32. The van der Waals surface area contributed by atoms with Gasteiger partial charge in [-0.1, -0.05) is 24.6 Å². The van der Waals surface area contributed by atoms with Gasteiger partial charge in [0.2, 0.25) is 5.91 Å². The van der Waals surface area contributed by atoms with Gasteiger partial charge in [-0.15, -0.1) is 0 Å². The number of fused-ring (bicyclic) bond motifs is 1. The lowest BCUT2D eigenvalue weighted by Gasteiger charge is -2.38. The van der Waals surface area contributed by atoms with Crippen LogP contribution in [0.4, 0.5) is 11.4 Å². The van der Waals surface area contributed by atoms with Crippen molar-refractivity contribution < 1.29 is 23.9 Å². The molecule has 0 radical (unpaired) electrons. The summed E-state index contributed by atoms with van der Waals surface area (Å²) < 4.78 is 11.7. The van der Waals surface area contributed by atoms with Gasteiger partial charge in [-0.25, -0.2) is 4.90 Å². The van der Waals surface area contributed by atoms with Crippen molar-refractivity contribution in [2.24, 2.45) is 5.92 Å². The Balaban J connectivity index is 1.38. The molecule has 1 N–H and O–H groups in total. The molecule has 2 aromatic carbocycles. The largest absolute Gasteiger partial charge is 0.347 e. The monoisotopic (exact) mass is 406 g/mol. The Bertz CT molecular complexity index is 993. The molecular weight excluding hydrogens is 384 g/mol. The van der Waals surface area contributed by atoms with Crippen LogP contribution in [-0.2, 0) is 14.3 Å². The van der Waals surface area contributed by atoms with Gasteiger partial charge in [0.25, 0.3) is 11.8 Å². The van der Waals surface area contributed by atoms with Gasteiger partial charge in [-0.05, 0) is 43.2 Å². The van der Waals surface area contributed by atoms with Crippen LogP contribution in [0.3, 0.4) is 0 Å². The van der Waals surface area contributed by atoms with Crippen molar-refractivity contribution in [3.05, 3.63) is 59.7 Å². The molecule has 0 bridgehead atoms. The van der Waals surface area contributed by atoms with Crippen molar-refractivity contribution in [3.8, 4) is 0 Å². The summed E-state index contributed by atoms with van der Waals surface area (Å²) in [5.74, 6) is -2.12. The van der Waals surface area contributed by atoms with E-state index in [0.29, 0.717) is 48.6 Å². The minimum atomic E-state index is -0.831. The molecule has 1 unspecified atom stereocenters. The maximum absolute atomic E-state index is 13.0. The molecule has 2 aliphatic heterocycles. The minimum Gasteiger partial charge on any atom is -0.347 e. The molecule has 5 rings (SSSR count). The molecule has 30 heavy (non-hydrogen) atoms. The van der Waals surface area contributed by atoms with Crippen LogP contribution in [-0.4, -0.2) is 36.7 Å². The summed E-state index contributed by atoms with van der Waals surface area (Å²) in [5, 5.41) is 2.93. The van der Waals surface area contributed by atoms with Crippen molar-refractivity contribution in [1.29, 1.82) is 0 Å².